The summed E-state index contributed by atoms with van der Waals surface area (Å²) in [5, 5.41) is 10.8. The van der Waals surface area contributed by atoms with Gasteiger partial charge >= 0.3 is 0 Å². The molecule has 6 atom stereocenters. The van der Waals surface area contributed by atoms with Crippen molar-refractivity contribution in [1.29, 1.82) is 0 Å². The van der Waals surface area contributed by atoms with Crippen molar-refractivity contribution in [3.63, 3.8) is 0 Å². The van der Waals surface area contributed by atoms with Crippen LogP contribution in [0.15, 0.2) is 78.9 Å². The largest absolute Gasteiger partial charge is 0.494 e. The maximum Gasteiger partial charge on any atom is 0.249 e. The first-order valence-corrected chi connectivity index (χ1v) is 16.2. The summed E-state index contributed by atoms with van der Waals surface area (Å²) in [5.74, 6) is -1.99. The van der Waals surface area contributed by atoms with Crippen LogP contribution in [0, 0.1) is 11.8 Å². The van der Waals surface area contributed by atoms with Crippen LogP contribution in [0.25, 0.3) is 0 Å². The van der Waals surface area contributed by atoms with E-state index in [2.05, 4.69) is 6.92 Å². The first-order valence-electron chi connectivity index (χ1n) is 16.2. The minimum absolute atomic E-state index is 0.221. The summed E-state index contributed by atoms with van der Waals surface area (Å²) in [4.78, 5) is 49.1. The molecule has 9 nitrogen and oxygen atoms in total. The molecule has 3 amide bonds. The van der Waals surface area contributed by atoms with Gasteiger partial charge in [-0.05, 0) is 50.1 Å². The van der Waals surface area contributed by atoms with E-state index < -0.39 is 35.1 Å². The maximum absolute atomic E-state index is 14.9. The van der Waals surface area contributed by atoms with Crippen molar-refractivity contribution in [3.05, 3.63) is 84.5 Å². The Morgan fingerprint density at radius 1 is 0.911 bits per heavy atom. The number of aliphatic hydroxyl groups excluding tert-OH is 1. The number of anilines is 1. The van der Waals surface area contributed by atoms with Gasteiger partial charge in [0.1, 0.15) is 17.4 Å². The van der Waals surface area contributed by atoms with Crippen LogP contribution in [-0.4, -0.2) is 82.7 Å². The molecule has 2 aromatic carbocycles. The van der Waals surface area contributed by atoms with E-state index in [1.807, 2.05) is 92.7 Å². The van der Waals surface area contributed by atoms with Gasteiger partial charge in [0.2, 0.25) is 17.7 Å². The zero-order valence-corrected chi connectivity index (χ0v) is 26.3. The number of hydrogen-bond acceptors (Lipinski definition) is 6. The highest BCUT2D eigenvalue weighted by Gasteiger charge is 2.75. The minimum Gasteiger partial charge on any atom is -0.494 e. The number of benzene rings is 2. The lowest BCUT2D eigenvalue weighted by Crippen LogP contribution is -2.57. The van der Waals surface area contributed by atoms with E-state index in [-0.39, 0.29) is 24.3 Å². The van der Waals surface area contributed by atoms with Crippen LogP contribution in [0.4, 0.5) is 5.69 Å². The van der Waals surface area contributed by atoms with E-state index in [9.17, 15) is 19.5 Å². The Hall–Kier alpha value is -3.95. The van der Waals surface area contributed by atoms with Crippen molar-refractivity contribution >= 4 is 23.4 Å². The predicted octanol–water partition coefficient (Wildman–Crippen LogP) is 4.28. The van der Waals surface area contributed by atoms with Gasteiger partial charge in [-0.1, -0.05) is 74.4 Å². The van der Waals surface area contributed by atoms with Crippen LogP contribution in [0.1, 0.15) is 51.6 Å². The number of aliphatic hydroxyl groups is 1. The van der Waals surface area contributed by atoms with Gasteiger partial charge in [-0.15, -0.1) is 0 Å². The molecular weight excluding hydrogens is 570 g/mol. The topological polar surface area (TPSA) is 99.6 Å². The standard InChI is InChI=1S/C36H43N3O6/c1-4-6-10-21-37-22-12-20-36-30(33(42)39(31(36)34(37)43)28(24-40)25-13-8-7-9-14-25)29-32(41)38(23-11-19-35(29,3)45-36)26-15-17-27(18-16-26)44-5-2/h7-9,11-20,28-31,40H,4-6,10,21-24H2,1-3H3/t28-,29+,30+,31?,35-,36+/m1/s1. The molecule has 45 heavy (non-hydrogen) atoms. The first kappa shape index (κ1) is 31.0. The Balaban J connectivity index is 1.45. The summed E-state index contributed by atoms with van der Waals surface area (Å²) >= 11 is 0. The van der Waals surface area contributed by atoms with E-state index in [1.54, 1.807) is 9.80 Å². The van der Waals surface area contributed by atoms with E-state index in [4.69, 9.17) is 9.47 Å². The molecule has 0 aromatic heterocycles. The number of likely N-dealkylation sites (tertiary alicyclic amines) is 1. The predicted molar refractivity (Wildman–Crippen MR) is 170 cm³/mol. The van der Waals surface area contributed by atoms with Crippen LogP contribution in [-0.2, 0) is 19.1 Å². The zero-order chi connectivity index (χ0) is 31.8. The quantitative estimate of drug-likeness (QED) is 0.317. The lowest BCUT2D eigenvalue weighted by molar-refractivity contribution is -0.154. The number of carbonyl (C=O) groups excluding carboxylic acids is 3. The Bertz CT molecular complexity index is 1480. The minimum atomic E-state index is -1.39. The molecule has 6 rings (SSSR count). The second-order valence-electron chi connectivity index (χ2n) is 12.5. The summed E-state index contributed by atoms with van der Waals surface area (Å²) < 4.78 is 12.6. The monoisotopic (exact) mass is 613 g/mol. The van der Waals surface area contributed by atoms with Gasteiger partial charge in [0.05, 0.1) is 36.7 Å². The molecule has 2 fully saturated rings. The smallest absolute Gasteiger partial charge is 0.249 e. The molecule has 2 aromatic rings. The third-order valence-electron chi connectivity index (χ3n) is 9.76. The number of unbranched alkanes of at least 4 members (excludes halogenated alkanes) is 2. The van der Waals surface area contributed by atoms with E-state index >= 15 is 0 Å². The fraction of sp³-hybridized carbons (Fsp3) is 0.472. The molecule has 4 heterocycles. The van der Waals surface area contributed by atoms with Crippen LogP contribution in [0.2, 0.25) is 0 Å². The summed E-state index contributed by atoms with van der Waals surface area (Å²) in [6.45, 7) is 7.28. The molecule has 0 saturated carbocycles. The summed E-state index contributed by atoms with van der Waals surface area (Å²) in [6, 6.07) is 14.8. The number of amides is 3. The Kier molecular flexibility index (Phi) is 8.59. The highest BCUT2D eigenvalue weighted by molar-refractivity contribution is 6.04. The normalized spacial score (nSPS) is 29.7. The van der Waals surface area contributed by atoms with E-state index in [1.165, 1.54) is 4.90 Å². The van der Waals surface area contributed by atoms with E-state index in [0.717, 1.165) is 19.3 Å². The van der Waals surface area contributed by atoms with Gasteiger partial charge in [-0.25, -0.2) is 0 Å². The SMILES string of the molecule is CCCCCN1CC=C[C@]23O[C@]4(C)C=CCN(c5ccc(OCC)cc5)C(=O)[C@@H]4[C@H]2C(=O)N([C@H](CO)c2ccccc2)C3C1=O. The Labute approximate surface area is 265 Å². The molecule has 1 N–H and O–H groups in total. The average Bonchev–Trinajstić information content (AvgIpc) is 3.31. The highest BCUT2D eigenvalue weighted by atomic mass is 16.5. The second-order valence-corrected chi connectivity index (χ2v) is 12.5. The van der Waals surface area contributed by atoms with Crippen LogP contribution < -0.4 is 9.64 Å². The average molecular weight is 614 g/mol. The van der Waals surface area contributed by atoms with Gasteiger partial charge in [0.15, 0.2) is 0 Å². The highest BCUT2D eigenvalue weighted by Crippen LogP contribution is 2.59. The van der Waals surface area contributed by atoms with Crippen molar-refractivity contribution in [2.75, 3.05) is 37.7 Å². The summed E-state index contributed by atoms with van der Waals surface area (Å²) in [5.41, 5.74) is -1.13. The molecule has 9 heteroatoms. The van der Waals surface area contributed by atoms with Crippen molar-refractivity contribution in [2.24, 2.45) is 11.8 Å². The third-order valence-corrected chi connectivity index (χ3v) is 9.76. The van der Waals surface area contributed by atoms with Gasteiger partial charge in [-0.2, -0.15) is 0 Å². The number of fused-ring (bicyclic) bond motifs is 2. The lowest BCUT2D eigenvalue weighted by atomic mass is 9.74. The zero-order valence-electron chi connectivity index (χ0n) is 26.3. The Morgan fingerprint density at radius 2 is 1.64 bits per heavy atom. The van der Waals surface area contributed by atoms with Crippen molar-refractivity contribution in [3.8, 4) is 5.75 Å². The van der Waals surface area contributed by atoms with Gasteiger partial charge < -0.3 is 29.3 Å². The molecule has 0 radical (unpaired) electrons. The lowest BCUT2D eigenvalue weighted by Gasteiger charge is -2.40. The second kappa shape index (κ2) is 12.4. The molecule has 4 aliphatic heterocycles. The molecular formula is C36H43N3O6. The fourth-order valence-electron chi connectivity index (χ4n) is 7.75. The van der Waals surface area contributed by atoms with Crippen LogP contribution in [0.5, 0.6) is 5.75 Å². The fourth-order valence-corrected chi connectivity index (χ4v) is 7.75. The number of carbonyl (C=O) groups is 3. The summed E-state index contributed by atoms with van der Waals surface area (Å²) in [6.07, 6.45) is 10.4. The van der Waals surface area contributed by atoms with Crippen LogP contribution in [0.3, 0.4) is 0 Å². The van der Waals surface area contributed by atoms with Gasteiger partial charge in [0.25, 0.3) is 0 Å². The van der Waals surface area contributed by atoms with Crippen molar-refractivity contribution < 1.29 is 29.0 Å². The third kappa shape index (κ3) is 5.16. The molecule has 4 aliphatic rings. The molecule has 0 bridgehead atoms. The van der Waals surface area contributed by atoms with Crippen molar-refractivity contribution in [1.82, 2.24) is 9.80 Å². The molecule has 238 valence electrons. The van der Waals surface area contributed by atoms with Gasteiger partial charge in [0, 0.05) is 25.3 Å². The van der Waals surface area contributed by atoms with E-state index in [0.29, 0.717) is 43.2 Å². The summed E-state index contributed by atoms with van der Waals surface area (Å²) in [7, 11) is 0. The first-order chi connectivity index (χ1) is 21.8. The molecule has 1 unspecified atom stereocenters. The van der Waals surface area contributed by atoms with Gasteiger partial charge in [-0.3, -0.25) is 14.4 Å². The number of ether oxygens (including phenoxy) is 2. The molecule has 0 aliphatic carbocycles. The molecule has 1 spiro atoms. The van der Waals surface area contributed by atoms with Crippen molar-refractivity contribution in [2.45, 2.75) is 63.3 Å². The maximum atomic E-state index is 14.9. The van der Waals surface area contributed by atoms with Crippen LogP contribution >= 0.6 is 0 Å². The number of rotatable bonds is 10. The number of nitrogens with zero attached hydrogens (tertiary/aromatic N) is 3. The molecule has 2 saturated heterocycles. The Morgan fingerprint density at radius 3 is 2.33 bits per heavy atom. The number of hydrogen-bond donors (Lipinski definition) is 1.